The number of nitrogens with one attached hydrogen (secondary N) is 1. The van der Waals surface area contributed by atoms with E-state index in [2.05, 4.69) is 32.7 Å². The SMILES string of the molecule is NCC1CCC(C(=O)N[C@@H](Cc2ccccc2)c2cc(-c3ccc4c(c3)C(=O)N=N4)ccn2)CC1. The molecule has 2 aliphatic rings. The van der Waals surface area contributed by atoms with Gasteiger partial charge >= 0.3 is 0 Å². The van der Waals surface area contributed by atoms with Gasteiger partial charge in [0.1, 0.15) is 0 Å². The van der Waals surface area contributed by atoms with Gasteiger partial charge in [0, 0.05) is 12.1 Å². The number of aromatic nitrogens is 1. The number of fused-ring (bicyclic) bond motifs is 1. The van der Waals surface area contributed by atoms with Crippen LogP contribution in [0.3, 0.4) is 0 Å². The Kier molecular flexibility index (Phi) is 6.77. The summed E-state index contributed by atoms with van der Waals surface area (Å²) in [7, 11) is 0. The molecule has 5 rings (SSSR count). The number of nitrogens with zero attached hydrogens (tertiary/aromatic N) is 3. The number of nitrogens with two attached hydrogens (primary N) is 1. The Morgan fingerprint density at radius 3 is 2.51 bits per heavy atom. The standard InChI is InChI=1S/C28H29N5O2/c29-17-19-6-8-20(9-7-19)27(34)31-26(14-18-4-2-1-3-5-18)25-16-22(12-13-30-25)21-10-11-24-23(15-21)28(35)33-32-24/h1-5,10-13,15-16,19-20,26H,6-9,14,17,29H2,(H,31,34)/t19?,20?,26-/m0/s1. The fourth-order valence-corrected chi connectivity index (χ4v) is 4.97. The lowest BCUT2D eigenvalue weighted by Gasteiger charge is -2.28. The van der Waals surface area contributed by atoms with Gasteiger partial charge in [0.2, 0.25) is 5.91 Å². The first-order valence-corrected chi connectivity index (χ1v) is 12.2. The average Bonchev–Trinajstić information content (AvgIpc) is 3.29. The van der Waals surface area contributed by atoms with Crippen LogP contribution in [0.5, 0.6) is 0 Å². The summed E-state index contributed by atoms with van der Waals surface area (Å²) in [6.07, 6.45) is 6.15. The number of pyridine rings is 1. The van der Waals surface area contributed by atoms with Gasteiger partial charge in [0.25, 0.3) is 5.91 Å². The number of hydrogen-bond acceptors (Lipinski definition) is 5. The van der Waals surface area contributed by atoms with E-state index in [1.165, 1.54) is 0 Å². The van der Waals surface area contributed by atoms with Crippen molar-refractivity contribution in [2.45, 2.75) is 38.1 Å². The summed E-state index contributed by atoms with van der Waals surface area (Å²) in [5, 5.41) is 10.8. The van der Waals surface area contributed by atoms with Crippen molar-refractivity contribution in [1.82, 2.24) is 10.3 Å². The Labute approximate surface area is 204 Å². The summed E-state index contributed by atoms with van der Waals surface area (Å²) in [4.78, 5) is 29.9. The number of carbonyl (C=O) groups is 2. The van der Waals surface area contributed by atoms with Gasteiger partial charge in [0.15, 0.2) is 0 Å². The molecule has 1 fully saturated rings. The van der Waals surface area contributed by atoms with Crippen molar-refractivity contribution in [3.8, 4) is 11.1 Å². The summed E-state index contributed by atoms with van der Waals surface area (Å²) >= 11 is 0. The highest BCUT2D eigenvalue weighted by Crippen LogP contribution is 2.33. The van der Waals surface area contributed by atoms with Gasteiger partial charge < -0.3 is 11.1 Å². The molecule has 2 heterocycles. The van der Waals surface area contributed by atoms with E-state index in [0.717, 1.165) is 48.1 Å². The van der Waals surface area contributed by atoms with Crippen LogP contribution >= 0.6 is 0 Å². The molecule has 1 atom stereocenters. The van der Waals surface area contributed by atoms with E-state index >= 15 is 0 Å². The van der Waals surface area contributed by atoms with Crippen LogP contribution in [0.1, 0.15) is 53.3 Å². The monoisotopic (exact) mass is 467 g/mol. The van der Waals surface area contributed by atoms with Crippen LogP contribution in [0.4, 0.5) is 5.69 Å². The van der Waals surface area contributed by atoms with Gasteiger partial charge in [-0.15, -0.1) is 10.2 Å². The lowest BCUT2D eigenvalue weighted by atomic mass is 9.81. The van der Waals surface area contributed by atoms with Crippen molar-refractivity contribution in [2.75, 3.05) is 6.54 Å². The zero-order chi connectivity index (χ0) is 24.2. The second kappa shape index (κ2) is 10.3. The van der Waals surface area contributed by atoms with Gasteiger partial charge in [-0.25, -0.2) is 0 Å². The van der Waals surface area contributed by atoms with Crippen LogP contribution in [0, 0.1) is 11.8 Å². The molecule has 7 nitrogen and oxygen atoms in total. The third kappa shape index (κ3) is 5.20. The van der Waals surface area contributed by atoms with Crippen LogP contribution in [0.15, 0.2) is 77.1 Å². The summed E-state index contributed by atoms with van der Waals surface area (Å²) < 4.78 is 0. The largest absolute Gasteiger partial charge is 0.347 e. The normalized spacial score (nSPS) is 19.9. The third-order valence-corrected chi connectivity index (χ3v) is 7.10. The van der Waals surface area contributed by atoms with Crippen LogP contribution in [-0.4, -0.2) is 23.3 Å². The minimum absolute atomic E-state index is 0.00878. The zero-order valence-electron chi connectivity index (χ0n) is 19.6. The highest BCUT2D eigenvalue weighted by molar-refractivity contribution is 6.02. The third-order valence-electron chi connectivity index (χ3n) is 7.10. The first-order chi connectivity index (χ1) is 17.1. The molecule has 2 aromatic carbocycles. The van der Waals surface area contributed by atoms with Crippen LogP contribution in [0.2, 0.25) is 0 Å². The fourth-order valence-electron chi connectivity index (χ4n) is 4.97. The Morgan fingerprint density at radius 1 is 0.971 bits per heavy atom. The van der Waals surface area contributed by atoms with E-state index in [1.807, 2.05) is 42.5 Å². The smallest absolute Gasteiger partial charge is 0.297 e. The molecule has 1 saturated carbocycles. The first kappa shape index (κ1) is 23.1. The van der Waals surface area contributed by atoms with Crippen LogP contribution in [0.25, 0.3) is 11.1 Å². The highest BCUT2D eigenvalue weighted by atomic mass is 16.2. The number of benzene rings is 2. The maximum absolute atomic E-state index is 13.3. The van der Waals surface area contributed by atoms with E-state index in [-0.39, 0.29) is 23.8 Å². The predicted molar refractivity (Wildman–Crippen MR) is 134 cm³/mol. The van der Waals surface area contributed by atoms with E-state index in [4.69, 9.17) is 5.73 Å². The Morgan fingerprint density at radius 2 is 1.74 bits per heavy atom. The number of rotatable bonds is 7. The van der Waals surface area contributed by atoms with Crippen molar-refractivity contribution < 1.29 is 9.59 Å². The molecular weight excluding hydrogens is 438 g/mol. The van der Waals surface area contributed by atoms with Gasteiger partial charge in [0.05, 0.1) is 23.0 Å². The lowest BCUT2D eigenvalue weighted by molar-refractivity contribution is -0.127. The molecule has 1 aliphatic heterocycles. The molecule has 0 spiro atoms. The quantitative estimate of drug-likeness (QED) is 0.500. The average molecular weight is 468 g/mol. The fraction of sp³-hybridized carbons (Fsp3) is 0.321. The molecule has 178 valence electrons. The maximum atomic E-state index is 13.3. The molecule has 35 heavy (non-hydrogen) atoms. The number of azo groups is 1. The van der Waals surface area contributed by atoms with Crippen LogP contribution < -0.4 is 11.1 Å². The molecule has 7 heteroatoms. The summed E-state index contributed by atoms with van der Waals surface area (Å²) in [6.45, 7) is 0.693. The molecule has 1 aromatic heterocycles. The van der Waals surface area contributed by atoms with Crippen molar-refractivity contribution in [3.05, 3.63) is 83.7 Å². The minimum Gasteiger partial charge on any atom is -0.347 e. The molecule has 0 unspecified atom stereocenters. The molecule has 0 radical (unpaired) electrons. The Balaban J connectivity index is 1.40. The van der Waals surface area contributed by atoms with Crippen molar-refractivity contribution in [1.29, 1.82) is 0 Å². The molecule has 2 amide bonds. The van der Waals surface area contributed by atoms with Crippen LogP contribution in [-0.2, 0) is 11.2 Å². The van der Waals surface area contributed by atoms with Crippen molar-refractivity contribution >= 4 is 17.5 Å². The summed E-state index contributed by atoms with van der Waals surface area (Å²) in [5.41, 5.74) is 10.6. The second-order valence-electron chi connectivity index (χ2n) is 9.41. The topological polar surface area (TPSA) is 110 Å². The zero-order valence-corrected chi connectivity index (χ0v) is 19.6. The Bertz CT molecular complexity index is 1250. The number of amides is 2. The number of hydrogen-bond donors (Lipinski definition) is 2. The molecule has 3 N–H and O–H groups in total. The van der Waals surface area contributed by atoms with E-state index in [1.54, 1.807) is 12.3 Å². The summed E-state index contributed by atoms with van der Waals surface area (Å²) in [5.74, 6) is 0.293. The first-order valence-electron chi connectivity index (χ1n) is 12.2. The van der Waals surface area contributed by atoms with E-state index < -0.39 is 0 Å². The molecular formula is C28H29N5O2. The molecule has 0 saturated heterocycles. The van der Waals surface area contributed by atoms with Crippen molar-refractivity contribution in [2.24, 2.45) is 27.8 Å². The Hall–Kier alpha value is -3.71. The van der Waals surface area contributed by atoms with Crippen molar-refractivity contribution in [3.63, 3.8) is 0 Å². The van der Waals surface area contributed by atoms with Gasteiger partial charge in [-0.3, -0.25) is 14.6 Å². The summed E-state index contributed by atoms with van der Waals surface area (Å²) in [6, 6.07) is 19.3. The molecule has 1 aliphatic carbocycles. The second-order valence-corrected chi connectivity index (χ2v) is 9.41. The van der Waals surface area contributed by atoms with Gasteiger partial charge in [-0.1, -0.05) is 36.4 Å². The molecule has 0 bridgehead atoms. The minimum atomic E-state index is -0.324. The van der Waals surface area contributed by atoms with E-state index in [0.29, 0.717) is 30.1 Å². The van der Waals surface area contributed by atoms with Gasteiger partial charge in [-0.05, 0) is 85.5 Å². The van der Waals surface area contributed by atoms with E-state index in [9.17, 15) is 9.59 Å². The lowest BCUT2D eigenvalue weighted by Crippen LogP contribution is -2.37. The highest BCUT2D eigenvalue weighted by Gasteiger charge is 2.28. The molecule has 3 aromatic rings. The maximum Gasteiger partial charge on any atom is 0.297 e. The number of carbonyl (C=O) groups excluding carboxylic acids is 2. The predicted octanol–water partition coefficient (Wildman–Crippen LogP) is 5.15. The van der Waals surface area contributed by atoms with Gasteiger partial charge in [-0.2, -0.15) is 0 Å².